The van der Waals surface area contributed by atoms with Crippen LogP contribution in [0.2, 0.25) is 0 Å². The van der Waals surface area contributed by atoms with E-state index in [2.05, 4.69) is 30.8 Å². The van der Waals surface area contributed by atoms with E-state index >= 15 is 0 Å². The molecule has 17 heavy (non-hydrogen) atoms. The van der Waals surface area contributed by atoms with Gasteiger partial charge in [0.25, 0.3) is 0 Å². The average molecular weight is 249 g/mol. The van der Waals surface area contributed by atoms with Gasteiger partial charge in [0.2, 0.25) is 0 Å². The van der Waals surface area contributed by atoms with E-state index in [1.807, 2.05) is 0 Å². The quantitative estimate of drug-likeness (QED) is 0.532. The molecule has 0 aliphatic carbocycles. The van der Waals surface area contributed by atoms with Crippen LogP contribution in [-0.4, -0.2) is 23.9 Å². The van der Waals surface area contributed by atoms with Crippen LogP contribution in [0, 0.1) is 0 Å². The summed E-state index contributed by atoms with van der Waals surface area (Å²) in [5.74, 6) is 5.37. The van der Waals surface area contributed by atoms with Gasteiger partial charge >= 0.3 is 0 Å². The zero-order valence-electron chi connectivity index (χ0n) is 10.4. The third-order valence-corrected chi connectivity index (χ3v) is 5.65. The molecule has 1 aliphatic heterocycles. The van der Waals surface area contributed by atoms with Crippen LogP contribution in [0.1, 0.15) is 18.4 Å². The first-order valence-electron chi connectivity index (χ1n) is 6.35. The van der Waals surface area contributed by atoms with Crippen molar-refractivity contribution in [1.29, 1.82) is 0 Å². The molecule has 0 amide bonds. The van der Waals surface area contributed by atoms with Gasteiger partial charge in [-0.15, -0.1) is 0 Å². The molecule has 0 saturated carbocycles. The zero-order chi connectivity index (χ0) is 11.9. The normalized spacial score (nSPS) is 15.3. The summed E-state index contributed by atoms with van der Waals surface area (Å²) in [4.78, 5) is 0. The fraction of sp³-hybridized carbons (Fsp3) is 0.467. The SMILES string of the molecule is C=CCOc1ccc(CCC[S+]2CCC2)cc1. The van der Waals surface area contributed by atoms with Gasteiger partial charge in [-0.2, -0.15) is 0 Å². The molecule has 1 fully saturated rings. The second-order valence-corrected chi connectivity index (χ2v) is 6.87. The Morgan fingerprint density at radius 2 is 2.00 bits per heavy atom. The summed E-state index contributed by atoms with van der Waals surface area (Å²) < 4.78 is 5.46. The van der Waals surface area contributed by atoms with Gasteiger partial charge in [-0.05, 0) is 41.4 Å². The summed E-state index contributed by atoms with van der Waals surface area (Å²) in [6.45, 7) is 4.23. The Morgan fingerprint density at radius 3 is 2.59 bits per heavy atom. The van der Waals surface area contributed by atoms with Gasteiger partial charge in [-0.25, -0.2) is 0 Å². The van der Waals surface area contributed by atoms with Crippen LogP contribution >= 0.6 is 0 Å². The molecule has 1 saturated heterocycles. The third-order valence-electron chi connectivity index (χ3n) is 3.06. The Balaban J connectivity index is 1.70. The first-order valence-corrected chi connectivity index (χ1v) is 8.08. The molecular weight excluding hydrogens is 228 g/mol. The number of ether oxygens (including phenoxy) is 1. The fourth-order valence-corrected chi connectivity index (χ4v) is 3.60. The maximum atomic E-state index is 5.46. The minimum Gasteiger partial charge on any atom is -0.490 e. The Labute approximate surface area is 107 Å². The summed E-state index contributed by atoms with van der Waals surface area (Å²) in [5, 5.41) is 0. The summed E-state index contributed by atoms with van der Waals surface area (Å²) in [6, 6.07) is 8.49. The lowest BCUT2D eigenvalue weighted by molar-refractivity contribution is 0.363. The van der Waals surface area contributed by atoms with E-state index in [0.29, 0.717) is 6.61 Å². The van der Waals surface area contributed by atoms with Crippen LogP contribution in [-0.2, 0) is 17.3 Å². The van der Waals surface area contributed by atoms with Crippen LogP contribution in [0.25, 0.3) is 0 Å². The number of rotatable bonds is 7. The van der Waals surface area contributed by atoms with E-state index in [-0.39, 0.29) is 0 Å². The van der Waals surface area contributed by atoms with E-state index in [9.17, 15) is 0 Å². The zero-order valence-corrected chi connectivity index (χ0v) is 11.2. The number of aryl methyl sites for hydroxylation is 1. The van der Waals surface area contributed by atoms with Gasteiger partial charge in [0.1, 0.15) is 29.6 Å². The highest BCUT2D eigenvalue weighted by Crippen LogP contribution is 2.17. The smallest absolute Gasteiger partial charge is 0.119 e. The molecular formula is C15H21OS+. The molecule has 92 valence electrons. The molecule has 0 radical (unpaired) electrons. The van der Waals surface area contributed by atoms with Gasteiger partial charge in [-0.1, -0.05) is 24.8 Å². The molecule has 1 heterocycles. The minimum atomic E-state index is 0.585. The largest absolute Gasteiger partial charge is 0.490 e. The molecule has 1 nitrogen and oxygen atoms in total. The monoisotopic (exact) mass is 249 g/mol. The lowest BCUT2D eigenvalue weighted by Gasteiger charge is -2.15. The van der Waals surface area contributed by atoms with Gasteiger partial charge in [0.05, 0.1) is 0 Å². The van der Waals surface area contributed by atoms with Crippen LogP contribution in [0.3, 0.4) is 0 Å². The van der Waals surface area contributed by atoms with Crippen LogP contribution in [0.15, 0.2) is 36.9 Å². The molecule has 0 unspecified atom stereocenters. The van der Waals surface area contributed by atoms with Crippen molar-refractivity contribution in [3.8, 4) is 5.75 Å². The highest BCUT2D eigenvalue weighted by Gasteiger charge is 2.26. The molecule has 0 aromatic heterocycles. The highest BCUT2D eigenvalue weighted by atomic mass is 32.2. The van der Waals surface area contributed by atoms with Crippen LogP contribution < -0.4 is 4.74 Å². The van der Waals surface area contributed by atoms with Gasteiger partial charge < -0.3 is 4.74 Å². The second kappa shape index (κ2) is 6.75. The van der Waals surface area contributed by atoms with Gasteiger partial charge in [0.15, 0.2) is 0 Å². The standard InChI is InChI=1S/C15H21OS/c1-2-10-16-15-8-6-14(7-9-15)5-3-11-17-12-4-13-17/h2,6-9H,1,3-5,10-13H2/q+1. The lowest BCUT2D eigenvalue weighted by atomic mass is 10.1. The van der Waals surface area contributed by atoms with Gasteiger partial charge in [-0.3, -0.25) is 0 Å². The molecule has 0 spiro atoms. The van der Waals surface area contributed by atoms with Crippen molar-refractivity contribution >= 4 is 10.9 Å². The number of benzene rings is 1. The summed E-state index contributed by atoms with van der Waals surface area (Å²) in [5.41, 5.74) is 1.43. The summed E-state index contributed by atoms with van der Waals surface area (Å²) >= 11 is 0. The molecule has 0 N–H and O–H groups in total. The molecule has 2 heteroatoms. The van der Waals surface area contributed by atoms with Crippen molar-refractivity contribution < 1.29 is 4.74 Å². The Hall–Kier alpha value is -0.890. The van der Waals surface area contributed by atoms with E-state index in [0.717, 1.165) is 16.6 Å². The van der Waals surface area contributed by atoms with Crippen molar-refractivity contribution in [2.75, 3.05) is 23.9 Å². The van der Waals surface area contributed by atoms with Crippen molar-refractivity contribution in [1.82, 2.24) is 0 Å². The minimum absolute atomic E-state index is 0.585. The van der Waals surface area contributed by atoms with E-state index in [1.165, 1.54) is 42.1 Å². The number of hydrogen-bond donors (Lipinski definition) is 0. The van der Waals surface area contributed by atoms with Crippen LogP contribution in [0.5, 0.6) is 5.75 Å². The Morgan fingerprint density at radius 1 is 1.24 bits per heavy atom. The van der Waals surface area contributed by atoms with Crippen molar-refractivity contribution in [3.63, 3.8) is 0 Å². The van der Waals surface area contributed by atoms with E-state index in [4.69, 9.17) is 4.74 Å². The molecule has 1 aromatic carbocycles. The lowest BCUT2D eigenvalue weighted by Crippen LogP contribution is -2.27. The first-order chi connectivity index (χ1) is 8.38. The Bertz CT molecular complexity index is 340. The second-order valence-electron chi connectivity index (χ2n) is 4.43. The molecule has 2 rings (SSSR count). The fourth-order valence-electron chi connectivity index (χ4n) is 1.94. The Kier molecular flexibility index (Phi) is 4.99. The van der Waals surface area contributed by atoms with Crippen molar-refractivity contribution in [2.24, 2.45) is 0 Å². The molecule has 0 atom stereocenters. The topological polar surface area (TPSA) is 9.23 Å². The average Bonchev–Trinajstić information content (AvgIpc) is 2.31. The van der Waals surface area contributed by atoms with E-state index in [1.54, 1.807) is 6.08 Å². The highest BCUT2D eigenvalue weighted by molar-refractivity contribution is 7.98. The van der Waals surface area contributed by atoms with Crippen LogP contribution in [0.4, 0.5) is 0 Å². The summed E-state index contributed by atoms with van der Waals surface area (Å²) in [7, 11) is 0.785. The van der Waals surface area contributed by atoms with E-state index < -0.39 is 0 Å². The predicted octanol–water partition coefficient (Wildman–Crippen LogP) is 3.21. The summed E-state index contributed by atoms with van der Waals surface area (Å²) in [6.07, 6.45) is 5.80. The maximum Gasteiger partial charge on any atom is 0.119 e. The third kappa shape index (κ3) is 4.12. The van der Waals surface area contributed by atoms with Crippen molar-refractivity contribution in [2.45, 2.75) is 19.3 Å². The van der Waals surface area contributed by atoms with Crippen molar-refractivity contribution in [3.05, 3.63) is 42.5 Å². The molecule has 1 aromatic rings. The number of hydrogen-bond acceptors (Lipinski definition) is 1. The molecule has 0 bridgehead atoms. The predicted molar refractivity (Wildman–Crippen MR) is 77.0 cm³/mol. The van der Waals surface area contributed by atoms with Gasteiger partial charge in [0, 0.05) is 6.42 Å². The molecule has 1 aliphatic rings. The first kappa shape index (κ1) is 12.6. The maximum absolute atomic E-state index is 5.46.